The zero-order chi connectivity index (χ0) is 8.69. The molecule has 0 spiro atoms. The van der Waals surface area contributed by atoms with Crippen LogP contribution in [-0.4, -0.2) is 12.6 Å². The molecule has 0 unspecified atom stereocenters. The molecule has 0 saturated carbocycles. The maximum Gasteiger partial charge on any atom is 0.302 e. The fraction of sp³-hybridized carbons (Fsp3) is 0.667. The van der Waals surface area contributed by atoms with E-state index in [1.54, 1.807) is 0 Å². The van der Waals surface area contributed by atoms with Gasteiger partial charge in [-0.1, -0.05) is 18.9 Å². The Morgan fingerprint density at radius 3 is 2.55 bits per heavy atom. The summed E-state index contributed by atoms with van der Waals surface area (Å²) in [4.78, 5) is 10.3. The highest BCUT2D eigenvalue weighted by molar-refractivity contribution is 5.65. The average molecular weight is 156 g/mol. The molecule has 0 aliphatic heterocycles. The molecule has 0 aliphatic carbocycles. The third-order valence-corrected chi connectivity index (χ3v) is 1.36. The lowest BCUT2D eigenvalue weighted by atomic mass is 10.2. The van der Waals surface area contributed by atoms with E-state index in [-0.39, 0.29) is 5.97 Å². The van der Waals surface area contributed by atoms with Crippen LogP contribution in [0.5, 0.6) is 0 Å². The van der Waals surface area contributed by atoms with E-state index in [4.69, 9.17) is 4.74 Å². The second kappa shape index (κ2) is 5.96. The normalized spacial score (nSPS) is 11.4. The van der Waals surface area contributed by atoms with Crippen molar-refractivity contribution in [2.45, 2.75) is 33.6 Å². The molecular weight excluding hydrogens is 140 g/mol. The van der Waals surface area contributed by atoms with Crippen LogP contribution < -0.4 is 0 Å². The van der Waals surface area contributed by atoms with Gasteiger partial charge < -0.3 is 4.74 Å². The Morgan fingerprint density at radius 2 is 2.09 bits per heavy atom. The van der Waals surface area contributed by atoms with Crippen molar-refractivity contribution in [2.24, 2.45) is 0 Å². The number of ether oxygens (including phenoxy) is 1. The molecule has 0 N–H and O–H groups in total. The summed E-state index contributed by atoms with van der Waals surface area (Å²) < 4.78 is 4.74. The highest BCUT2D eigenvalue weighted by atomic mass is 16.5. The van der Waals surface area contributed by atoms with Gasteiger partial charge in [0.25, 0.3) is 0 Å². The number of rotatable bonds is 4. The Balaban J connectivity index is 3.47. The minimum Gasteiger partial charge on any atom is -0.462 e. The number of hydrogen-bond acceptors (Lipinski definition) is 2. The van der Waals surface area contributed by atoms with E-state index in [1.807, 2.05) is 13.0 Å². The van der Waals surface area contributed by atoms with Gasteiger partial charge in [0, 0.05) is 6.92 Å². The zero-order valence-electron chi connectivity index (χ0n) is 7.52. The number of carbonyl (C=O) groups is 1. The van der Waals surface area contributed by atoms with Gasteiger partial charge in [0.05, 0.1) is 0 Å². The second-order valence-corrected chi connectivity index (χ2v) is 2.60. The number of hydrogen-bond donors (Lipinski definition) is 0. The maximum absolute atomic E-state index is 10.3. The first kappa shape index (κ1) is 10.2. The molecule has 0 aromatic rings. The zero-order valence-corrected chi connectivity index (χ0v) is 7.52. The predicted octanol–water partition coefficient (Wildman–Crippen LogP) is 2.30. The molecule has 0 atom stereocenters. The summed E-state index contributed by atoms with van der Waals surface area (Å²) in [5.74, 6) is -0.217. The average Bonchev–Trinajstić information content (AvgIpc) is 1.87. The first-order valence-corrected chi connectivity index (χ1v) is 3.95. The molecular formula is C9H16O2. The monoisotopic (exact) mass is 156 g/mol. The third-order valence-electron chi connectivity index (χ3n) is 1.36. The first-order valence-electron chi connectivity index (χ1n) is 3.95. The minimum absolute atomic E-state index is 0.217. The fourth-order valence-electron chi connectivity index (χ4n) is 0.798. The number of esters is 1. The largest absolute Gasteiger partial charge is 0.462 e. The van der Waals surface area contributed by atoms with Crippen LogP contribution in [0.1, 0.15) is 33.6 Å². The van der Waals surface area contributed by atoms with Gasteiger partial charge in [-0.25, -0.2) is 0 Å². The lowest BCUT2D eigenvalue weighted by molar-refractivity contribution is -0.139. The second-order valence-electron chi connectivity index (χ2n) is 2.60. The first-order chi connectivity index (χ1) is 5.16. The van der Waals surface area contributed by atoms with Crippen LogP contribution >= 0.6 is 0 Å². The van der Waals surface area contributed by atoms with Gasteiger partial charge in [-0.05, 0) is 19.4 Å². The van der Waals surface area contributed by atoms with E-state index in [1.165, 1.54) is 12.5 Å². The highest BCUT2D eigenvalue weighted by Crippen LogP contribution is 2.01. The predicted molar refractivity (Wildman–Crippen MR) is 45.3 cm³/mol. The Bertz CT molecular complexity index is 148. The van der Waals surface area contributed by atoms with E-state index in [9.17, 15) is 4.79 Å². The van der Waals surface area contributed by atoms with Crippen molar-refractivity contribution in [2.75, 3.05) is 6.61 Å². The Labute approximate surface area is 68.2 Å². The van der Waals surface area contributed by atoms with Gasteiger partial charge in [-0.15, -0.1) is 0 Å². The molecule has 0 rings (SSSR count). The molecule has 0 aromatic carbocycles. The van der Waals surface area contributed by atoms with Gasteiger partial charge >= 0.3 is 5.97 Å². The summed E-state index contributed by atoms with van der Waals surface area (Å²) in [5.41, 5.74) is 1.29. The molecule has 0 radical (unpaired) electrons. The van der Waals surface area contributed by atoms with Gasteiger partial charge in [0.15, 0.2) is 0 Å². The van der Waals surface area contributed by atoms with E-state index in [0.29, 0.717) is 6.61 Å². The summed E-state index contributed by atoms with van der Waals surface area (Å²) in [5, 5.41) is 0. The summed E-state index contributed by atoms with van der Waals surface area (Å²) in [6.07, 6.45) is 4.18. The van der Waals surface area contributed by atoms with Gasteiger partial charge in [-0.3, -0.25) is 4.79 Å². The molecule has 0 aliphatic rings. The summed E-state index contributed by atoms with van der Waals surface area (Å²) >= 11 is 0. The molecule has 0 bridgehead atoms. The van der Waals surface area contributed by atoms with Crippen molar-refractivity contribution in [3.05, 3.63) is 11.6 Å². The van der Waals surface area contributed by atoms with Crippen molar-refractivity contribution >= 4 is 5.97 Å². The fourth-order valence-corrected chi connectivity index (χ4v) is 0.798. The molecule has 11 heavy (non-hydrogen) atoms. The molecule has 0 fully saturated rings. The molecule has 64 valence electrons. The topological polar surface area (TPSA) is 26.3 Å². The van der Waals surface area contributed by atoms with E-state index >= 15 is 0 Å². The molecule has 0 amide bonds. The summed E-state index contributed by atoms with van der Waals surface area (Å²) in [6, 6.07) is 0. The molecule has 0 aromatic heterocycles. The van der Waals surface area contributed by atoms with Crippen molar-refractivity contribution in [3.8, 4) is 0 Å². The van der Waals surface area contributed by atoms with Crippen molar-refractivity contribution in [1.82, 2.24) is 0 Å². The SMILES string of the molecule is CCC/C(C)=C/COC(C)=O. The lowest BCUT2D eigenvalue weighted by Crippen LogP contribution is -1.98. The molecule has 2 nitrogen and oxygen atoms in total. The van der Waals surface area contributed by atoms with Crippen molar-refractivity contribution < 1.29 is 9.53 Å². The van der Waals surface area contributed by atoms with Crippen molar-refractivity contribution in [1.29, 1.82) is 0 Å². The Morgan fingerprint density at radius 1 is 1.45 bits per heavy atom. The Hall–Kier alpha value is -0.790. The third kappa shape index (κ3) is 7.10. The van der Waals surface area contributed by atoms with Crippen LogP contribution in [0.3, 0.4) is 0 Å². The van der Waals surface area contributed by atoms with Crippen molar-refractivity contribution in [3.63, 3.8) is 0 Å². The van der Waals surface area contributed by atoms with Crippen LogP contribution in [-0.2, 0) is 9.53 Å². The highest BCUT2D eigenvalue weighted by Gasteiger charge is 1.89. The van der Waals surface area contributed by atoms with Gasteiger partial charge in [-0.2, -0.15) is 0 Å². The molecule has 0 heterocycles. The molecule has 2 heteroatoms. The number of carbonyl (C=O) groups excluding carboxylic acids is 1. The van der Waals surface area contributed by atoms with Crippen LogP contribution in [0.15, 0.2) is 11.6 Å². The van der Waals surface area contributed by atoms with E-state index in [0.717, 1.165) is 12.8 Å². The smallest absolute Gasteiger partial charge is 0.302 e. The number of allylic oxidation sites excluding steroid dienone is 1. The summed E-state index contributed by atoms with van der Waals surface area (Å²) in [7, 11) is 0. The van der Waals surface area contributed by atoms with E-state index < -0.39 is 0 Å². The van der Waals surface area contributed by atoms with Crippen LogP contribution in [0.2, 0.25) is 0 Å². The minimum atomic E-state index is -0.217. The lowest BCUT2D eigenvalue weighted by Gasteiger charge is -1.98. The van der Waals surface area contributed by atoms with Crippen LogP contribution in [0.4, 0.5) is 0 Å². The van der Waals surface area contributed by atoms with Gasteiger partial charge in [0.1, 0.15) is 6.61 Å². The van der Waals surface area contributed by atoms with Crippen LogP contribution in [0, 0.1) is 0 Å². The van der Waals surface area contributed by atoms with Gasteiger partial charge in [0.2, 0.25) is 0 Å². The standard InChI is InChI=1S/C9H16O2/c1-4-5-8(2)6-7-11-9(3)10/h6H,4-5,7H2,1-3H3/b8-6+. The summed E-state index contributed by atoms with van der Waals surface area (Å²) in [6.45, 7) is 6.01. The maximum atomic E-state index is 10.3. The Kier molecular flexibility index (Phi) is 5.53. The van der Waals surface area contributed by atoms with E-state index in [2.05, 4.69) is 6.92 Å². The quantitative estimate of drug-likeness (QED) is 0.461. The van der Waals surface area contributed by atoms with Crippen LogP contribution in [0.25, 0.3) is 0 Å². The molecule has 0 saturated heterocycles.